The molecule has 0 radical (unpaired) electrons. The molecule has 0 aliphatic carbocycles. The van der Waals surface area contributed by atoms with Crippen LogP contribution in [0, 0.1) is 6.92 Å². The summed E-state index contributed by atoms with van der Waals surface area (Å²) in [5.41, 5.74) is 3.56. The topological polar surface area (TPSA) is 90.5 Å². The van der Waals surface area contributed by atoms with E-state index in [-0.39, 0.29) is 30.3 Å². The van der Waals surface area contributed by atoms with Crippen molar-refractivity contribution in [3.05, 3.63) is 59.2 Å². The van der Waals surface area contributed by atoms with Crippen molar-refractivity contribution in [3.8, 4) is 0 Å². The number of amides is 3. The summed E-state index contributed by atoms with van der Waals surface area (Å²) in [7, 11) is 1.57. The molecule has 3 N–H and O–H groups in total. The number of aryl methyl sites for hydroxylation is 1. The highest BCUT2D eigenvalue weighted by Crippen LogP contribution is 2.22. The molecule has 1 aliphatic heterocycles. The molecular formula is C24H30N4O3. The van der Waals surface area contributed by atoms with Gasteiger partial charge in [0.25, 0.3) is 11.8 Å². The van der Waals surface area contributed by atoms with Gasteiger partial charge in [-0.15, -0.1) is 0 Å². The predicted octanol–water partition coefficient (Wildman–Crippen LogP) is 3.42. The molecule has 1 saturated heterocycles. The normalized spacial score (nSPS) is 15.8. The highest BCUT2D eigenvalue weighted by atomic mass is 16.2. The molecule has 3 amide bonds. The van der Waals surface area contributed by atoms with E-state index >= 15 is 0 Å². The molecule has 0 bridgehead atoms. The summed E-state index contributed by atoms with van der Waals surface area (Å²) in [5.74, 6) is -0.305. The fourth-order valence-electron chi connectivity index (χ4n) is 3.79. The Labute approximate surface area is 183 Å². The molecule has 2 aromatic rings. The number of carbonyl (C=O) groups is 3. The Bertz CT molecular complexity index is 956. The van der Waals surface area contributed by atoms with Crippen LogP contribution in [0.4, 0.5) is 11.4 Å². The van der Waals surface area contributed by atoms with Gasteiger partial charge in [-0.25, -0.2) is 0 Å². The Morgan fingerprint density at radius 1 is 1.03 bits per heavy atom. The van der Waals surface area contributed by atoms with E-state index in [2.05, 4.69) is 22.9 Å². The van der Waals surface area contributed by atoms with Crippen LogP contribution in [-0.2, 0) is 4.79 Å². The van der Waals surface area contributed by atoms with Crippen molar-refractivity contribution < 1.29 is 14.4 Å². The summed E-state index contributed by atoms with van der Waals surface area (Å²) in [6.07, 6.45) is 3.28. The van der Waals surface area contributed by atoms with Crippen molar-refractivity contribution >= 4 is 29.1 Å². The number of hydrogen-bond acceptors (Lipinski definition) is 4. The Morgan fingerprint density at radius 3 is 2.39 bits per heavy atom. The monoisotopic (exact) mass is 422 g/mol. The maximum atomic E-state index is 12.8. The molecule has 0 aromatic heterocycles. The molecule has 1 atom stereocenters. The quantitative estimate of drug-likeness (QED) is 0.665. The van der Waals surface area contributed by atoms with Crippen LogP contribution in [0.5, 0.6) is 0 Å². The van der Waals surface area contributed by atoms with E-state index in [9.17, 15) is 14.4 Å². The molecule has 0 spiro atoms. The lowest BCUT2D eigenvalue weighted by molar-refractivity contribution is -0.114. The van der Waals surface area contributed by atoms with Gasteiger partial charge < -0.3 is 20.9 Å². The minimum atomic E-state index is -0.200. The fraction of sp³-hybridized carbons (Fsp3) is 0.375. The molecule has 2 aromatic carbocycles. The summed E-state index contributed by atoms with van der Waals surface area (Å²) < 4.78 is 0. The molecule has 7 heteroatoms. The number of piperidine rings is 1. The predicted molar refractivity (Wildman–Crippen MR) is 122 cm³/mol. The van der Waals surface area contributed by atoms with Crippen LogP contribution in [0.1, 0.15) is 52.5 Å². The number of anilines is 2. The molecule has 0 saturated carbocycles. The van der Waals surface area contributed by atoms with Gasteiger partial charge in [0.1, 0.15) is 0 Å². The van der Waals surface area contributed by atoms with Crippen molar-refractivity contribution in [2.24, 2.45) is 0 Å². The van der Waals surface area contributed by atoms with Gasteiger partial charge in [-0.3, -0.25) is 14.4 Å². The van der Waals surface area contributed by atoms with Crippen molar-refractivity contribution in [2.45, 2.75) is 39.2 Å². The smallest absolute Gasteiger partial charge is 0.254 e. The third kappa shape index (κ3) is 5.63. The maximum Gasteiger partial charge on any atom is 0.254 e. The summed E-state index contributed by atoms with van der Waals surface area (Å²) in [6, 6.07) is 12.5. The highest BCUT2D eigenvalue weighted by molar-refractivity contribution is 5.97. The van der Waals surface area contributed by atoms with Gasteiger partial charge in [0.15, 0.2) is 0 Å². The Kier molecular flexibility index (Phi) is 7.28. The molecule has 1 aliphatic rings. The van der Waals surface area contributed by atoms with E-state index in [1.165, 1.54) is 6.42 Å². The molecular weight excluding hydrogens is 392 g/mol. The van der Waals surface area contributed by atoms with Crippen LogP contribution in [0.3, 0.4) is 0 Å². The number of hydrogen-bond donors (Lipinski definition) is 3. The van der Waals surface area contributed by atoms with Gasteiger partial charge in [-0.2, -0.15) is 0 Å². The lowest BCUT2D eigenvalue weighted by Gasteiger charge is -2.33. The SMILES string of the molecule is CNC(=O)c1ccc(NC(=O)CNc2ccc(C(=O)N3CCCCC3C)cc2C)cc1. The van der Waals surface area contributed by atoms with Gasteiger partial charge in [-0.1, -0.05) is 0 Å². The first-order valence-corrected chi connectivity index (χ1v) is 10.7. The molecule has 31 heavy (non-hydrogen) atoms. The standard InChI is InChI=1S/C24H30N4O3/c1-16-14-19(24(31)28-13-5-4-6-17(28)2)9-12-21(16)26-15-22(29)27-20-10-7-18(8-11-20)23(30)25-3/h7-12,14,17,26H,4-6,13,15H2,1-3H3,(H,25,30)(H,27,29). The lowest BCUT2D eigenvalue weighted by Crippen LogP contribution is -2.42. The van der Waals surface area contributed by atoms with Gasteiger partial charge in [-0.05, 0) is 81.1 Å². The van der Waals surface area contributed by atoms with Crippen LogP contribution in [0.25, 0.3) is 0 Å². The van der Waals surface area contributed by atoms with Gasteiger partial charge in [0, 0.05) is 42.1 Å². The first-order chi connectivity index (χ1) is 14.9. The molecule has 164 valence electrons. The minimum Gasteiger partial charge on any atom is -0.376 e. The van der Waals surface area contributed by atoms with E-state index in [1.807, 2.05) is 30.0 Å². The van der Waals surface area contributed by atoms with E-state index in [0.717, 1.165) is 30.6 Å². The number of benzene rings is 2. The summed E-state index contributed by atoms with van der Waals surface area (Å²) in [4.78, 5) is 38.7. The number of carbonyl (C=O) groups excluding carboxylic acids is 3. The second kappa shape index (κ2) is 10.1. The Hall–Kier alpha value is -3.35. The number of nitrogens with zero attached hydrogens (tertiary/aromatic N) is 1. The average molecular weight is 423 g/mol. The van der Waals surface area contributed by atoms with Crippen molar-refractivity contribution in [2.75, 3.05) is 30.8 Å². The first-order valence-electron chi connectivity index (χ1n) is 10.7. The average Bonchev–Trinajstić information content (AvgIpc) is 2.78. The lowest BCUT2D eigenvalue weighted by atomic mass is 10.0. The Morgan fingerprint density at radius 2 is 1.74 bits per heavy atom. The first kappa shape index (κ1) is 22.3. The minimum absolute atomic E-state index is 0.0693. The molecule has 3 rings (SSSR count). The van der Waals surface area contributed by atoms with Gasteiger partial charge >= 0.3 is 0 Å². The van der Waals surface area contributed by atoms with Crippen LogP contribution in [0.15, 0.2) is 42.5 Å². The maximum absolute atomic E-state index is 12.8. The van der Waals surface area contributed by atoms with Gasteiger partial charge in [0.05, 0.1) is 6.54 Å². The fourth-order valence-corrected chi connectivity index (χ4v) is 3.79. The summed E-state index contributed by atoms with van der Waals surface area (Å²) in [6.45, 7) is 4.93. The second-order valence-electron chi connectivity index (χ2n) is 7.93. The van der Waals surface area contributed by atoms with Gasteiger partial charge in [0.2, 0.25) is 5.91 Å². The Balaban J connectivity index is 1.56. The third-order valence-electron chi connectivity index (χ3n) is 5.63. The van der Waals surface area contributed by atoms with E-state index in [4.69, 9.17) is 0 Å². The number of likely N-dealkylation sites (tertiary alicyclic amines) is 1. The molecule has 7 nitrogen and oxygen atoms in total. The number of rotatable bonds is 6. The molecule has 1 heterocycles. The summed E-state index contributed by atoms with van der Waals surface area (Å²) >= 11 is 0. The third-order valence-corrected chi connectivity index (χ3v) is 5.63. The van der Waals surface area contributed by atoms with E-state index in [1.54, 1.807) is 31.3 Å². The second-order valence-corrected chi connectivity index (χ2v) is 7.93. The zero-order chi connectivity index (χ0) is 22.4. The van der Waals surface area contributed by atoms with E-state index in [0.29, 0.717) is 16.8 Å². The van der Waals surface area contributed by atoms with Crippen LogP contribution < -0.4 is 16.0 Å². The molecule has 1 fully saturated rings. The zero-order valence-corrected chi connectivity index (χ0v) is 18.3. The van der Waals surface area contributed by atoms with Crippen molar-refractivity contribution in [1.82, 2.24) is 10.2 Å². The number of nitrogens with one attached hydrogen (secondary N) is 3. The van der Waals surface area contributed by atoms with Crippen LogP contribution >= 0.6 is 0 Å². The van der Waals surface area contributed by atoms with Crippen molar-refractivity contribution in [3.63, 3.8) is 0 Å². The largest absolute Gasteiger partial charge is 0.376 e. The van der Waals surface area contributed by atoms with Crippen LogP contribution in [0.2, 0.25) is 0 Å². The van der Waals surface area contributed by atoms with Crippen LogP contribution in [-0.4, -0.2) is 48.8 Å². The van der Waals surface area contributed by atoms with Crippen molar-refractivity contribution in [1.29, 1.82) is 0 Å². The molecule has 1 unspecified atom stereocenters. The zero-order valence-electron chi connectivity index (χ0n) is 18.3. The highest BCUT2D eigenvalue weighted by Gasteiger charge is 2.24. The summed E-state index contributed by atoms with van der Waals surface area (Å²) in [5, 5.41) is 8.48. The van der Waals surface area contributed by atoms with E-state index < -0.39 is 0 Å².